The van der Waals surface area contributed by atoms with Crippen LogP contribution in [0.2, 0.25) is 0 Å². The van der Waals surface area contributed by atoms with Crippen LogP contribution in [0.25, 0.3) is 11.0 Å². The largest absolute Gasteiger partial charge is 0.491 e. The van der Waals surface area contributed by atoms with Crippen molar-refractivity contribution in [1.29, 1.82) is 0 Å². The fraction of sp³-hybridized carbons (Fsp3) is 0.483. The number of benzene rings is 1. The summed E-state index contributed by atoms with van der Waals surface area (Å²) in [6, 6.07) is 5.56. The molecule has 8 nitrogen and oxygen atoms in total. The third kappa shape index (κ3) is 4.91. The molecule has 1 aliphatic carbocycles. The lowest BCUT2D eigenvalue weighted by Gasteiger charge is -2.42. The Labute approximate surface area is 237 Å². The molecule has 224 valence electrons. The lowest BCUT2D eigenvalue weighted by atomic mass is 9.73. The van der Waals surface area contributed by atoms with Gasteiger partial charge < -0.3 is 15.2 Å². The van der Waals surface area contributed by atoms with Crippen LogP contribution in [0, 0.1) is 0 Å². The van der Waals surface area contributed by atoms with Crippen LogP contribution in [0.1, 0.15) is 61.8 Å². The third-order valence-electron chi connectivity index (χ3n) is 8.77. The number of anilines is 1. The number of hydrogen-bond acceptors (Lipinski definition) is 6. The van der Waals surface area contributed by atoms with E-state index in [1.807, 2.05) is 4.90 Å². The Morgan fingerprint density at radius 1 is 1.14 bits per heavy atom. The minimum absolute atomic E-state index is 0.107. The Bertz CT molecular complexity index is 1600. The summed E-state index contributed by atoms with van der Waals surface area (Å²) >= 11 is 0. The van der Waals surface area contributed by atoms with Crippen LogP contribution in [0.15, 0.2) is 41.3 Å². The van der Waals surface area contributed by atoms with E-state index in [-0.39, 0.29) is 47.7 Å². The average Bonchev–Trinajstić information content (AvgIpc) is 3.17. The van der Waals surface area contributed by atoms with Gasteiger partial charge in [-0.2, -0.15) is 13.2 Å². The van der Waals surface area contributed by atoms with E-state index in [2.05, 4.69) is 10.3 Å². The van der Waals surface area contributed by atoms with Gasteiger partial charge in [0.05, 0.1) is 22.8 Å². The molecule has 0 unspecified atom stereocenters. The number of amides is 1. The maximum atomic E-state index is 13.9. The lowest BCUT2D eigenvalue weighted by molar-refractivity contribution is -0.136. The number of nitrogens with one attached hydrogen (secondary N) is 1. The van der Waals surface area contributed by atoms with E-state index in [1.165, 1.54) is 35.0 Å². The second-order valence-electron chi connectivity index (χ2n) is 11.7. The molecule has 0 radical (unpaired) electrons. The first-order chi connectivity index (χ1) is 19.8. The maximum Gasteiger partial charge on any atom is 0.417 e. The van der Waals surface area contributed by atoms with Crippen molar-refractivity contribution >= 4 is 22.6 Å². The van der Waals surface area contributed by atoms with Crippen LogP contribution in [0.4, 0.5) is 27.6 Å². The molecule has 6 rings (SSSR count). The molecular weight excluding hydrogens is 563 g/mol. The average molecular weight is 593 g/mol. The summed E-state index contributed by atoms with van der Waals surface area (Å²) in [7, 11) is 0. The molecule has 13 heteroatoms. The second kappa shape index (κ2) is 10.0. The second-order valence-corrected chi connectivity index (χ2v) is 11.7. The molecule has 3 aromatic rings. The van der Waals surface area contributed by atoms with Crippen molar-refractivity contribution in [3.05, 3.63) is 63.6 Å². The van der Waals surface area contributed by atoms with Crippen molar-refractivity contribution in [3.63, 3.8) is 0 Å². The smallest absolute Gasteiger partial charge is 0.417 e. The van der Waals surface area contributed by atoms with Crippen molar-refractivity contribution < 1.29 is 36.6 Å². The van der Waals surface area contributed by atoms with E-state index in [0.717, 1.165) is 0 Å². The molecule has 2 N–H and O–H groups in total. The monoisotopic (exact) mass is 592 g/mol. The number of nitrogens with zero attached hydrogens (tertiary/aromatic N) is 3. The summed E-state index contributed by atoms with van der Waals surface area (Å²) in [5.41, 5.74) is -2.90. The number of hydrogen-bond donors (Lipinski definition) is 2. The fourth-order valence-corrected chi connectivity index (χ4v) is 6.52. The van der Waals surface area contributed by atoms with Crippen LogP contribution in [-0.2, 0) is 16.4 Å². The molecule has 2 fully saturated rings. The van der Waals surface area contributed by atoms with Crippen LogP contribution in [0.3, 0.4) is 0 Å². The van der Waals surface area contributed by atoms with E-state index in [9.17, 15) is 36.6 Å². The Balaban J connectivity index is 1.15. The van der Waals surface area contributed by atoms with Crippen molar-refractivity contribution in [2.24, 2.45) is 0 Å². The molecule has 42 heavy (non-hydrogen) atoms. The van der Waals surface area contributed by atoms with Gasteiger partial charge in [-0.05, 0) is 69.5 Å². The lowest BCUT2D eigenvalue weighted by Crippen LogP contribution is -2.47. The number of ether oxygens (including phenoxy) is 1. The third-order valence-corrected chi connectivity index (χ3v) is 8.77. The summed E-state index contributed by atoms with van der Waals surface area (Å²) in [5.74, 6) is -0.0950. The first-order valence-electron chi connectivity index (χ1n) is 13.7. The van der Waals surface area contributed by atoms with E-state index in [1.54, 1.807) is 6.92 Å². The van der Waals surface area contributed by atoms with Gasteiger partial charge in [0.1, 0.15) is 18.0 Å². The number of rotatable bonds is 6. The molecule has 1 spiro atoms. The molecule has 4 heterocycles. The van der Waals surface area contributed by atoms with Gasteiger partial charge in [-0.1, -0.05) is 6.07 Å². The first kappa shape index (κ1) is 28.5. The number of likely N-dealkylation sites (tertiary alicyclic amines) is 1. The molecular formula is C29H29F5N4O4. The standard InChI is InChI=1S/C29H29F5N4O4/c1-27(41)13-17(14-27)38-23(39)12-20(29(32,33)34)19-11-18(15-35-25(19)38)42-9-8-37-6-4-28(5-7-37)21-10-16(24(30)31)2-3-22(21)36-26(28)40/h2-3,10-12,15,17,24,41H,4-9,13-14H2,1H3,(H,36,40). The Hall–Kier alpha value is -3.58. The zero-order valence-electron chi connectivity index (χ0n) is 22.7. The van der Waals surface area contributed by atoms with E-state index < -0.39 is 40.8 Å². The highest BCUT2D eigenvalue weighted by atomic mass is 19.4. The summed E-state index contributed by atoms with van der Waals surface area (Å²) in [5, 5.41) is 12.6. The zero-order valence-corrected chi connectivity index (χ0v) is 22.7. The van der Waals surface area contributed by atoms with Crippen LogP contribution in [-0.4, -0.2) is 57.3 Å². The van der Waals surface area contributed by atoms with Crippen molar-refractivity contribution in [2.75, 3.05) is 31.6 Å². The minimum atomic E-state index is -4.78. The van der Waals surface area contributed by atoms with Gasteiger partial charge in [-0.25, -0.2) is 13.8 Å². The Morgan fingerprint density at radius 2 is 1.86 bits per heavy atom. The predicted molar refractivity (Wildman–Crippen MR) is 143 cm³/mol. The van der Waals surface area contributed by atoms with Crippen molar-refractivity contribution in [2.45, 2.75) is 62.3 Å². The van der Waals surface area contributed by atoms with E-state index in [4.69, 9.17) is 4.74 Å². The van der Waals surface area contributed by atoms with Crippen LogP contribution >= 0.6 is 0 Å². The van der Waals surface area contributed by atoms with E-state index >= 15 is 0 Å². The molecule has 2 aromatic heterocycles. The molecule has 1 aromatic carbocycles. The highest BCUT2D eigenvalue weighted by Crippen LogP contribution is 2.46. The van der Waals surface area contributed by atoms with Gasteiger partial charge in [0.15, 0.2) is 0 Å². The summed E-state index contributed by atoms with van der Waals surface area (Å²) < 4.78 is 75.1. The number of aromatic nitrogens is 2. The highest BCUT2D eigenvalue weighted by Gasteiger charge is 2.48. The first-order valence-corrected chi connectivity index (χ1v) is 13.7. The molecule has 1 amide bonds. The SMILES string of the molecule is CC1(O)CC(n2c(=O)cc(C(F)(F)F)c3cc(OCCN4CCC5(CC4)C(=O)Nc4ccc(C(F)F)cc45)cnc32)C1. The quantitative estimate of drug-likeness (QED) is 0.400. The molecule has 0 atom stereocenters. The number of alkyl halides is 5. The number of piperidine rings is 1. The van der Waals surface area contributed by atoms with Gasteiger partial charge in [0.25, 0.3) is 12.0 Å². The normalized spacial score (nSPS) is 23.7. The van der Waals surface area contributed by atoms with Crippen molar-refractivity contribution in [3.8, 4) is 5.75 Å². The van der Waals surface area contributed by atoms with Crippen LogP contribution < -0.4 is 15.6 Å². The van der Waals surface area contributed by atoms with Gasteiger partial charge >= 0.3 is 6.18 Å². The molecule has 2 aliphatic heterocycles. The predicted octanol–water partition coefficient (Wildman–Crippen LogP) is 4.80. The topological polar surface area (TPSA) is 96.7 Å². The number of carbonyl (C=O) groups excluding carboxylic acids is 1. The fourth-order valence-electron chi connectivity index (χ4n) is 6.52. The summed E-state index contributed by atoms with van der Waals surface area (Å²) in [6.45, 7) is 3.15. The summed E-state index contributed by atoms with van der Waals surface area (Å²) in [6.07, 6.45) is -4.84. The number of aliphatic hydroxyl groups is 1. The number of carbonyl (C=O) groups is 1. The number of halogens is 5. The zero-order chi connectivity index (χ0) is 30.0. The molecule has 1 saturated heterocycles. The molecule has 0 bridgehead atoms. The van der Waals surface area contributed by atoms with Crippen LogP contribution in [0.5, 0.6) is 5.75 Å². The maximum absolute atomic E-state index is 13.9. The number of fused-ring (bicyclic) bond motifs is 3. The molecule has 3 aliphatic rings. The number of pyridine rings is 2. The van der Waals surface area contributed by atoms with E-state index in [0.29, 0.717) is 49.8 Å². The highest BCUT2D eigenvalue weighted by molar-refractivity contribution is 6.06. The minimum Gasteiger partial charge on any atom is -0.491 e. The summed E-state index contributed by atoms with van der Waals surface area (Å²) in [4.78, 5) is 31.8. The van der Waals surface area contributed by atoms with Crippen molar-refractivity contribution in [1.82, 2.24) is 14.5 Å². The van der Waals surface area contributed by atoms with Gasteiger partial charge in [-0.3, -0.25) is 19.1 Å². The Morgan fingerprint density at radius 3 is 2.50 bits per heavy atom. The van der Waals surface area contributed by atoms with Gasteiger partial charge in [0, 0.05) is 35.3 Å². The van der Waals surface area contributed by atoms with Gasteiger partial charge in [-0.15, -0.1) is 0 Å². The Kier molecular flexibility index (Phi) is 6.80. The van der Waals surface area contributed by atoms with Gasteiger partial charge in [0.2, 0.25) is 5.91 Å². The molecule has 1 saturated carbocycles.